The number of aromatic nitrogens is 3. The number of nitrogens with zero attached hydrogens (tertiary/aromatic N) is 3. The maximum atomic E-state index is 6.57. The van der Waals surface area contributed by atoms with Crippen LogP contribution in [0.3, 0.4) is 0 Å². The average molecular weight is 286 g/mol. The van der Waals surface area contributed by atoms with Crippen molar-refractivity contribution in [3.8, 4) is 0 Å². The summed E-state index contributed by atoms with van der Waals surface area (Å²) in [5, 5.41) is 4.32. The van der Waals surface area contributed by atoms with Crippen LogP contribution in [0.4, 0.5) is 0 Å². The second kappa shape index (κ2) is 5.98. The van der Waals surface area contributed by atoms with Gasteiger partial charge in [0.1, 0.15) is 12.2 Å². The first-order valence-electron chi connectivity index (χ1n) is 7.53. The van der Waals surface area contributed by atoms with Gasteiger partial charge in [0.25, 0.3) is 0 Å². The highest BCUT2D eigenvalue weighted by Crippen LogP contribution is 2.24. The third kappa shape index (κ3) is 3.70. The molecule has 0 aliphatic rings. The van der Waals surface area contributed by atoms with Crippen molar-refractivity contribution in [3.63, 3.8) is 0 Å². The number of rotatable bonds is 5. The maximum absolute atomic E-state index is 6.57. The highest BCUT2D eigenvalue weighted by molar-refractivity contribution is 5.34. The van der Waals surface area contributed by atoms with E-state index >= 15 is 0 Å². The Labute approximate surface area is 127 Å². The monoisotopic (exact) mass is 286 g/mol. The van der Waals surface area contributed by atoms with Crippen LogP contribution in [0, 0.1) is 19.8 Å². The van der Waals surface area contributed by atoms with Gasteiger partial charge in [0.05, 0.1) is 0 Å². The van der Waals surface area contributed by atoms with Gasteiger partial charge < -0.3 is 5.73 Å². The zero-order chi connectivity index (χ0) is 15.6. The Morgan fingerprint density at radius 1 is 1.24 bits per heavy atom. The third-order valence-electron chi connectivity index (χ3n) is 3.93. The van der Waals surface area contributed by atoms with Crippen LogP contribution in [0.25, 0.3) is 0 Å². The number of benzene rings is 1. The zero-order valence-electron chi connectivity index (χ0n) is 13.7. The largest absolute Gasteiger partial charge is 0.321 e. The van der Waals surface area contributed by atoms with E-state index in [0.717, 1.165) is 17.9 Å². The Morgan fingerprint density at radius 2 is 1.95 bits per heavy atom. The summed E-state index contributed by atoms with van der Waals surface area (Å²) < 4.78 is 1.97. The van der Waals surface area contributed by atoms with Crippen molar-refractivity contribution in [2.45, 2.75) is 53.1 Å². The van der Waals surface area contributed by atoms with Gasteiger partial charge in [0.15, 0.2) is 0 Å². The normalized spacial score (nSPS) is 14.4. The lowest BCUT2D eigenvalue weighted by atomic mass is 9.87. The van der Waals surface area contributed by atoms with Crippen LogP contribution in [0.1, 0.15) is 43.3 Å². The van der Waals surface area contributed by atoms with E-state index in [0.29, 0.717) is 12.3 Å². The molecule has 0 fully saturated rings. The zero-order valence-corrected chi connectivity index (χ0v) is 13.7. The van der Waals surface area contributed by atoms with Gasteiger partial charge in [-0.1, -0.05) is 32.0 Å². The lowest BCUT2D eigenvalue weighted by Gasteiger charge is -2.26. The highest BCUT2D eigenvalue weighted by atomic mass is 15.3. The Morgan fingerprint density at radius 3 is 2.57 bits per heavy atom. The topological polar surface area (TPSA) is 56.7 Å². The maximum Gasteiger partial charge on any atom is 0.138 e. The van der Waals surface area contributed by atoms with Crippen molar-refractivity contribution in [2.24, 2.45) is 11.7 Å². The summed E-state index contributed by atoms with van der Waals surface area (Å²) in [4.78, 5) is 4.39. The second-order valence-electron chi connectivity index (χ2n) is 6.65. The van der Waals surface area contributed by atoms with Gasteiger partial charge >= 0.3 is 0 Å². The summed E-state index contributed by atoms with van der Waals surface area (Å²) in [6, 6.07) is 6.43. The van der Waals surface area contributed by atoms with Gasteiger partial charge in [-0.2, -0.15) is 5.10 Å². The van der Waals surface area contributed by atoms with Gasteiger partial charge in [0, 0.05) is 18.5 Å². The predicted molar refractivity (Wildman–Crippen MR) is 86.0 cm³/mol. The molecule has 1 atom stereocenters. The summed E-state index contributed by atoms with van der Waals surface area (Å²) >= 11 is 0. The van der Waals surface area contributed by atoms with Crippen LogP contribution >= 0.6 is 0 Å². The molecule has 0 spiro atoms. The molecule has 1 aromatic carbocycles. The Bertz CT molecular complexity index is 611. The molecule has 1 aromatic heterocycles. The minimum atomic E-state index is -0.444. The molecule has 2 aromatic rings. The molecule has 4 nitrogen and oxygen atoms in total. The van der Waals surface area contributed by atoms with E-state index in [1.165, 1.54) is 11.1 Å². The Hall–Kier alpha value is -1.68. The van der Waals surface area contributed by atoms with E-state index in [4.69, 9.17) is 5.73 Å². The van der Waals surface area contributed by atoms with Crippen molar-refractivity contribution in [3.05, 3.63) is 47.0 Å². The van der Waals surface area contributed by atoms with Crippen molar-refractivity contribution in [1.82, 2.24) is 14.8 Å². The quantitative estimate of drug-likeness (QED) is 0.919. The Balaban J connectivity index is 2.24. The molecule has 0 amide bonds. The molecule has 4 heteroatoms. The summed E-state index contributed by atoms with van der Waals surface area (Å²) in [5.74, 6) is 1.49. The van der Waals surface area contributed by atoms with Gasteiger partial charge in [-0.15, -0.1) is 0 Å². The minimum absolute atomic E-state index is 0.444. The molecular formula is C17H26N4. The molecular weight excluding hydrogens is 260 g/mol. The first-order chi connectivity index (χ1) is 9.79. The molecule has 114 valence electrons. The molecule has 0 bridgehead atoms. The molecule has 1 unspecified atom stereocenters. The number of hydrogen-bond donors (Lipinski definition) is 1. The summed E-state index contributed by atoms with van der Waals surface area (Å²) in [5.41, 5.74) is 9.83. The molecule has 2 N–H and O–H groups in total. The first kappa shape index (κ1) is 15.7. The molecule has 0 saturated heterocycles. The van der Waals surface area contributed by atoms with Gasteiger partial charge in [-0.05, 0) is 43.4 Å². The van der Waals surface area contributed by atoms with E-state index in [-0.39, 0.29) is 0 Å². The lowest BCUT2D eigenvalue weighted by Crippen LogP contribution is -2.36. The Kier molecular flexibility index (Phi) is 4.47. The van der Waals surface area contributed by atoms with E-state index < -0.39 is 5.54 Å². The standard InChI is InChI=1S/C17H26N4/c1-12(2)10-21-16(19-11-20-21)9-17(5,18)15-7-6-13(3)14(4)8-15/h6-8,11-12H,9-10,18H2,1-5H3. The summed E-state index contributed by atoms with van der Waals surface area (Å²) in [6.07, 6.45) is 2.30. The van der Waals surface area contributed by atoms with Crippen LogP contribution in [-0.4, -0.2) is 14.8 Å². The van der Waals surface area contributed by atoms with Crippen molar-refractivity contribution in [1.29, 1.82) is 0 Å². The second-order valence-corrected chi connectivity index (χ2v) is 6.65. The van der Waals surface area contributed by atoms with E-state index in [9.17, 15) is 0 Å². The summed E-state index contributed by atoms with van der Waals surface area (Å²) in [7, 11) is 0. The fourth-order valence-corrected chi connectivity index (χ4v) is 2.45. The van der Waals surface area contributed by atoms with Gasteiger partial charge in [-0.25, -0.2) is 9.67 Å². The number of hydrogen-bond acceptors (Lipinski definition) is 3. The molecule has 0 saturated carbocycles. The van der Waals surface area contributed by atoms with Crippen molar-refractivity contribution in [2.75, 3.05) is 0 Å². The first-order valence-corrected chi connectivity index (χ1v) is 7.53. The van der Waals surface area contributed by atoms with E-state index in [1.54, 1.807) is 6.33 Å². The van der Waals surface area contributed by atoms with Gasteiger partial charge in [0.2, 0.25) is 0 Å². The van der Waals surface area contributed by atoms with Crippen LogP contribution in [0.15, 0.2) is 24.5 Å². The molecule has 21 heavy (non-hydrogen) atoms. The fourth-order valence-electron chi connectivity index (χ4n) is 2.45. The van der Waals surface area contributed by atoms with Crippen LogP contribution in [0.2, 0.25) is 0 Å². The highest BCUT2D eigenvalue weighted by Gasteiger charge is 2.25. The summed E-state index contributed by atoms with van der Waals surface area (Å²) in [6.45, 7) is 11.5. The molecule has 0 aliphatic carbocycles. The molecule has 1 heterocycles. The van der Waals surface area contributed by atoms with Gasteiger partial charge in [-0.3, -0.25) is 0 Å². The van der Waals surface area contributed by atoms with Crippen molar-refractivity contribution >= 4 is 0 Å². The van der Waals surface area contributed by atoms with Crippen LogP contribution < -0.4 is 5.73 Å². The number of nitrogens with two attached hydrogens (primary N) is 1. The smallest absolute Gasteiger partial charge is 0.138 e. The molecule has 0 radical (unpaired) electrons. The van der Waals surface area contributed by atoms with Crippen LogP contribution in [-0.2, 0) is 18.5 Å². The molecule has 2 rings (SSSR count). The van der Waals surface area contributed by atoms with E-state index in [2.05, 4.69) is 62.9 Å². The molecule has 0 aliphatic heterocycles. The van der Waals surface area contributed by atoms with E-state index in [1.807, 2.05) is 4.68 Å². The lowest BCUT2D eigenvalue weighted by molar-refractivity contribution is 0.422. The fraction of sp³-hybridized carbons (Fsp3) is 0.529. The minimum Gasteiger partial charge on any atom is -0.321 e. The average Bonchev–Trinajstić information content (AvgIpc) is 2.78. The SMILES string of the molecule is Cc1ccc(C(C)(N)Cc2ncnn2CC(C)C)cc1C. The predicted octanol–water partition coefficient (Wildman–Crippen LogP) is 2.97. The van der Waals surface area contributed by atoms with Crippen molar-refractivity contribution < 1.29 is 0 Å². The third-order valence-corrected chi connectivity index (χ3v) is 3.93. The van der Waals surface area contributed by atoms with Crippen LogP contribution in [0.5, 0.6) is 0 Å². The number of aryl methyl sites for hydroxylation is 2.